The maximum Gasteiger partial charge on any atom is 0.375 e. The van der Waals surface area contributed by atoms with Crippen LogP contribution in [0.5, 0.6) is 0 Å². The number of halogens is 1. The van der Waals surface area contributed by atoms with Gasteiger partial charge in [-0.25, -0.2) is 14.5 Å². The van der Waals surface area contributed by atoms with E-state index in [1.54, 1.807) is 6.92 Å². The molecule has 1 aromatic carbocycles. The van der Waals surface area contributed by atoms with Gasteiger partial charge in [0.15, 0.2) is 0 Å². The number of carboxylic acid groups (broad SMARTS) is 1. The van der Waals surface area contributed by atoms with Gasteiger partial charge in [-0.15, -0.1) is 5.10 Å². The van der Waals surface area contributed by atoms with Gasteiger partial charge in [0.2, 0.25) is 0 Å². The van der Waals surface area contributed by atoms with E-state index in [1.165, 1.54) is 4.68 Å². The lowest BCUT2D eigenvalue weighted by atomic mass is 10.2. The van der Waals surface area contributed by atoms with Gasteiger partial charge in [-0.2, -0.15) is 0 Å². The van der Waals surface area contributed by atoms with Crippen LogP contribution in [0.3, 0.4) is 0 Å². The van der Waals surface area contributed by atoms with Crippen molar-refractivity contribution in [2.75, 3.05) is 0 Å². The number of aromatic nitrogens is 3. The highest BCUT2D eigenvalue weighted by Gasteiger charge is 2.15. The van der Waals surface area contributed by atoms with Gasteiger partial charge in [0.1, 0.15) is 5.82 Å². The minimum absolute atomic E-state index is 0.198. The summed E-state index contributed by atoms with van der Waals surface area (Å²) < 4.78 is 2.39. The van der Waals surface area contributed by atoms with Crippen molar-refractivity contribution < 1.29 is 9.90 Å². The average molecular weight is 296 g/mol. The second-order valence-electron chi connectivity index (χ2n) is 3.61. The fourth-order valence-corrected chi connectivity index (χ4v) is 1.94. The zero-order valence-electron chi connectivity index (χ0n) is 9.31. The number of hydrogen-bond donors (Lipinski definition) is 1. The minimum atomic E-state index is -1.13. The predicted molar refractivity (Wildman–Crippen MR) is 65.5 cm³/mol. The number of aromatic carboxylic acids is 1. The first kappa shape index (κ1) is 11.8. The Kier molecular flexibility index (Phi) is 2.97. The molecule has 0 amide bonds. The maximum absolute atomic E-state index is 10.8. The molecule has 0 aliphatic heterocycles. The van der Waals surface area contributed by atoms with Gasteiger partial charge in [-0.1, -0.05) is 12.1 Å². The normalized spacial score (nSPS) is 10.5. The Balaban J connectivity index is 2.60. The fraction of sp³-hybridized carbons (Fsp3) is 0.182. The lowest BCUT2D eigenvalue weighted by Gasteiger charge is -2.07. The molecule has 5 nitrogen and oxygen atoms in total. The second kappa shape index (κ2) is 4.29. The van der Waals surface area contributed by atoms with Crippen LogP contribution in [0.4, 0.5) is 0 Å². The van der Waals surface area contributed by atoms with E-state index in [1.807, 2.05) is 25.1 Å². The summed E-state index contributed by atoms with van der Waals surface area (Å²) in [7, 11) is 0. The molecule has 0 fully saturated rings. The Morgan fingerprint density at radius 2 is 2.12 bits per heavy atom. The highest BCUT2D eigenvalue weighted by atomic mass is 79.9. The Hall–Kier alpha value is -1.69. The van der Waals surface area contributed by atoms with Crippen LogP contribution in [0, 0.1) is 13.8 Å². The maximum atomic E-state index is 10.8. The SMILES string of the molecule is Cc1cccc(-n2nc(C(=O)O)nc2C)c1Br. The largest absolute Gasteiger partial charge is 0.475 e. The van der Waals surface area contributed by atoms with E-state index in [-0.39, 0.29) is 5.82 Å². The van der Waals surface area contributed by atoms with E-state index >= 15 is 0 Å². The molecule has 0 saturated heterocycles. The summed E-state index contributed by atoms with van der Waals surface area (Å²) in [5, 5.41) is 12.8. The van der Waals surface area contributed by atoms with Gasteiger partial charge < -0.3 is 5.11 Å². The fourth-order valence-electron chi connectivity index (χ4n) is 1.50. The molecule has 0 bridgehead atoms. The zero-order chi connectivity index (χ0) is 12.6. The third-order valence-corrected chi connectivity index (χ3v) is 3.39. The van der Waals surface area contributed by atoms with E-state index in [4.69, 9.17) is 5.11 Å². The number of benzene rings is 1. The smallest absolute Gasteiger partial charge is 0.375 e. The number of nitrogens with zero attached hydrogens (tertiary/aromatic N) is 3. The topological polar surface area (TPSA) is 68.0 Å². The Morgan fingerprint density at radius 3 is 2.71 bits per heavy atom. The number of hydrogen-bond acceptors (Lipinski definition) is 3. The van der Waals surface area contributed by atoms with E-state index in [0.717, 1.165) is 15.7 Å². The number of carbonyl (C=O) groups is 1. The van der Waals surface area contributed by atoms with Gasteiger partial charge >= 0.3 is 5.97 Å². The van der Waals surface area contributed by atoms with Gasteiger partial charge in [0.05, 0.1) is 5.69 Å². The van der Waals surface area contributed by atoms with Crippen LogP contribution in [0.2, 0.25) is 0 Å². The summed E-state index contributed by atoms with van der Waals surface area (Å²) in [5.41, 5.74) is 1.83. The quantitative estimate of drug-likeness (QED) is 0.923. The third-order valence-electron chi connectivity index (χ3n) is 2.36. The number of aryl methyl sites for hydroxylation is 2. The summed E-state index contributed by atoms with van der Waals surface area (Å²) in [4.78, 5) is 14.7. The van der Waals surface area contributed by atoms with Crippen molar-refractivity contribution in [3.63, 3.8) is 0 Å². The Bertz CT molecular complexity index is 592. The molecule has 6 heteroatoms. The molecule has 2 aromatic rings. The van der Waals surface area contributed by atoms with Gasteiger partial charge in [0.25, 0.3) is 5.82 Å². The average Bonchev–Trinajstić information content (AvgIpc) is 2.65. The lowest BCUT2D eigenvalue weighted by Crippen LogP contribution is -2.03. The van der Waals surface area contributed by atoms with Crippen molar-refractivity contribution in [1.82, 2.24) is 14.8 Å². The van der Waals surface area contributed by atoms with E-state index < -0.39 is 5.97 Å². The molecule has 0 radical (unpaired) electrons. The van der Waals surface area contributed by atoms with Crippen molar-refractivity contribution >= 4 is 21.9 Å². The molecule has 0 saturated carbocycles. The van der Waals surface area contributed by atoms with Crippen LogP contribution in [0.15, 0.2) is 22.7 Å². The molecule has 2 rings (SSSR count). The molecule has 88 valence electrons. The highest BCUT2D eigenvalue weighted by Crippen LogP contribution is 2.24. The van der Waals surface area contributed by atoms with Gasteiger partial charge in [-0.3, -0.25) is 0 Å². The second-order valence-corrected chi connectivity index (χ2v) is 4.40. The molecular weight excluding hydrogens is 286 g/mol. The van der Waals surface area contributed by atoms with Crippen LogP contribution in [-0.4, -0.2) is 25.8 Å². The van der Waals surface area contributed by atoms with Crippen LogP contribution in [-0.2, 0) is 0 Å². The number of rotatable bonds is 2. The van der Waals surface area contributed by atoms with Crippen LogP contribution >= 0.6 is 15.9 Å². The molecular formula is C11H10BrN3O2. The molecule has 1 aromatic heterocycles. The molecule has 0 aliphatic rings. The first-order chi connectivity index (χ1) is 8.00. The first-order valence-corrected chi connectivity index (χ1v) is 5.72. The van der Waals surface area contributed by atoms with E-state index in [9.17, 15) is 4.79 Å². The lowest BCUT2D eigenvalue weighted by molar-refractivity contribution is 0.0683. The highest BCUT2D eigenvalue weighted by molar-refractivity contribution is 9.10. The van der Waals surface area contributed by atoms with Crippen molar-refractivity contribution in [2.45, 2.75) is 13.8 Å². The molecule has 1 heterocycles. The van der Waals surface area contributed by atoms with Crippen molar-refractivity contribution in [3.8, 4) is 5.69 Å². The molecule has 0 spiro atoms. The summed E-state index contributed by atoms with van der Waals surface area (Å²) in [6, 6.07) is 5.69. The third kappa shape index (κ3) is 2.08. The van der Waals surface area contributed by atoms with Crippen LogP contribution in [0.1, 0.15) is 22.0 Å². The summed E-state index contributed by atoms with van der Waals surface area (Å²) in [6.07, 6.45) is 0. The van der Waals surface area contributed by atoms with Crippen molar-refractivity contribution in [1.29, 1.82) is 0 Å². The monoisotopic (exact) mass is 295 g/mol. The van der Waals surface area contributed by atoms with Crippen molar-refractivity contribution in [3.05, 3.63) is 39.9 Å². The summed E-state index contributed by atoms with van der Waals surface area (Å²) in [6.45, 7) is 3.67. The van der Waals surface area contributed by atoms with E-state index in [0.29, 0.717) is 5.82 Å². The molecule has 0 unspecified atom stereocenters. The van der Waals surface area contributed by atoms with Crippen LogP contribution < -0.4 is 0 Å². The molecule has 0 atom stereocenters. The van der Waals surface area contributed by atoms with E-state index in [2.05, 4.69) is 26.0 Å². The van der Waals surface area contributed by atoms with Crippen LogP contribution in [0.25, 0.3) is 5.69 Å². The van der Waals surface area contributed by atoms with Gasteiger partial charge in [-0.05, 0) is 41.4 Å². The first-order valence-electron chi connectivity index (χ1n) is 4.93. The summed E-state index contributed by atoms with van der Waals surface area (Å²) in [5.74, 6) is -0.791. The Morgan fingerprint density at radius 1 is 1.41 bits per heavy atom. The van der Waals surface area contributed by atoms with Crippen molar-refractivity contribution in [2.24, 2.45) is 0 Å². The van der Waals surface area contributed by atoms with Gasteiger partial charge in [0, 0.05) is 4.47 Å². The summed E-state index contributed by atoms with van der Waals surface area (Å²) >= 11 is 3.46. The minimum Gasteiger partial charge on any atom is -0.475 e. The predicted octanol–water partition coefficient (Wildman–Crippen LogP) is 2.34. The number of carboxylic acids is 1. The molecule has 17 heavy (non-hydrogen) atoms. The Labute approximate surface area is 106 Å². The molecule has 0 aliphatic carbocycles. The standard InChI is InChI=1S/C11H10BrN3O2/c1-6-4-3-5-8(9(6)12)15-7(2)13-10(14-15)11(16)17/h3-5H,1-2H3,(H,16,17). The molecule has 1 N–H and O–H groups in total. The zero-order valence-corrected chi connectivity index (χ0v) is 10.9.